The molecule has 0 bridgehead atoms. The molecule has 0 spiro atoms. The first-order valence-electron chi connectivity index (χ1n) is 1.11. The Morgan fingerprint density at radius 2 is 1.00 bits per heavy atom. The Labute approximate surface area is 59.2 Å². The second-order valence-corrected chi connectivity index (χ2v) is 0.461. The lowest BCUT2D eigenvalue weighted by atomic mass is 13.1. The maximum absolute atomic E-state index is 8.36. The molecular weight excluding hydrogens is 171 g/mol. The molecule has 72 valence electrons. The summed E-state index contributed by atoms with van der Waals surface area (Å²) in [5.41, 5.74) is 0. The number of hydrogen-bond donors (Lipinski definition) is 3. The van der Waals surface area contributed by atoms with Crippen LogP contribution in [0.15, 0.2) is 0 Å². The maximum atomic E-state index is 8.36. The van der Waals surface area contributed by atoms with Crippen LogP contribution in [0, 0.1) is 25.4 Å². The molecule has 0 fully saturated rings. The zero-order valence-electron chi connectivity index (χ0n) is 5.76. The van der Waals surface area contributed by atoms with Crippen molar-refractivity contribution in [1.29, 1.82) is 0 Å². The predicted molar refractivity (Wildman–Crippen MR) is 31.1 cm³/mol. The highest BCUT2D eigenvalue weighted by molar-refractivity contribution is 4.03. The zero-order chi connectivity index (χ0) is 7.15. The van der Waals surface area contributed by atoms with E-state index in [0.717, 1.165) is 0 Å². The quantitative estimate of drug-likeness (QED) is 0.264. The smallest absolute Gasteiger partial charge is 0.291 e. The minimum absolute atomic E-state index is 0. The fourth-order valence-corrected chi connectivity index (χ4v) is 0. The standard InChI is InChI=1S/FH.HNO3.NO3.2H3N/c;2*2-1(3)4;;/h1H;(H,2,3,4);;2*1H3/q;;-1;;/p+1. The number of nitrogens with zero attached hydrogens (tertiary/aromatic N) is 2. The fraction of sp³-hybridized carbons (Fsp3) is 0. The Kier molecular flexibility index (Phi) is 76.1. The van der Waals surface area contributed by atoms with Gasteiger partial charge in [-0.3, -0.25) is 0 Å². The van der Waals surface area contributed by atoms with Crippen molar-refractivity contribution >= 4 is 0 Å². The molecule has 0 saturated carbocycles. The topological polar surface area (TPSA) is 203 Å². The van der Waals surface area contributed by atoms with Crippen LogP contribution < -0.4 is 17.0 Å². The highest BCUT2D eigenvalue weighted by Crippen LogP contribution is 1.44. The van der Waals surface area contributed by atoms with E-state index in [4.69, 9.17) is 30.6 Å². The molecule has 0 amide bonds. The lowest BCUT2D eigenvalue weighted by Crippen LogP contribution is -3.00. The summed E-state index contributed by atoms with van der Waals surface area (Å²) in [7, 11) is 0. The van der Waals surface area contributed by atoms with Gasteiger partial charge in [0, 0.05) is 0 Å². The molecule has 0 aromatic carbocycles. The summed E-state index contributed by atoms with van der Waals surface area (Å²) in [5.74, 6) is 0. The van der Waals surface area contributed by atoms with Gasteiger partial charge in [0.15, 0.2) is 0 Å². The van der Waals surface area contributed by atoms with E-state index in [0.29, 0.717) is 0 Å². The SMILES string of the molecule is O=[N+]([O-])O.O=[N+]([O-])[O-].[F-].[NH4+].[NH4+]. The average molecular weight is 180 g/mol. The van der Waals surface area contributed by atoms with E-state index in [9.17, 15) is 0 Å². The Balaban J connectivity index is -0.0000000171. The molecule has 0 aromatic heterocycles. The highest BCUT2D eigenvalue weighted by atomic mass is 19.0. The van der Waals surface area contributed by atoms with Gasteiger partial charge in [0.25, 0.3) is 5.09 Å². The predicted octanol–water partition coefficient (Wildman–Crippen LogP) is -2.83. The normalized spacial score (nSPS) is 4.36. The van der Waals surface area contributed by atoms with Crippen molar-refractivity contribution in [3.05, 3.63) is 25.4 Å². The van der Waals surface area contributed by atoms with E-state index in [1.165, 1.54) is 0 Å². The maximum Gasteiger partial charge on any atom is 0.291 e. The van der Waals surface area contributed by atoms with Gasteiger partial charge in [-0.15, -0.1) is 10.1 Å². The van der Waals surface area contributed by atoms with E-state index in [1.807, 2.05) is 0 Å². The van der Waals surface area contributed by atoms with E-state index < -0.39 is 10.2 Å². The molecule has 0 aliphatic heterocycles. The third-order valence-corrected chi connectivity index (χ3v) is 0. The van der Waals surface area contributed by atoms with Gasteiger partial charge < -0.3 is 37.5 Å². The largest absolute Gasteiger partial charge is 1.00 e. The van der Waals surface area contributed by atoms with Crippen molar-refractivity contribution < 1.29 is 20.1 Å². The van der Waals surface area contributed by atoms with Crippen LogP contribution in [-0.2, 0) is 0 Å². The van der Waals surface area contributed by atoms with Crippen LogP contribution in [0.1, 0.15) is 0 Å². The molecular formula is H9FN4O6. The zero-order valence-corrected chi connectivity index (χ0v) is 5.76. The van der Waals surface area contributed by atoms with Crippen LogP contribution in [-0.4, -0.2) is 15.4 Å². The number of rotatable bonds is 0. The minimum Gasteiger partial charge on any atom is -1.00 e. The Hall–Kier alpha value is -1.75. The van der Waals surface area contributed by atoms with Crippen molar-refractivity contribution in [3.63, 3.8) is 0 Å². The molecule has 11 heavy (non-hydrogen) atoms. The Morgan fingerprint density at radius 3 is 1.00 bits per heavy atom. The first kappa shape index (κ1) is 34.9. The Bertz CT molecular complexity index is 72.6. The van der Waals surface area contributed by atoms with Crippen molar-refractivity contribution in [1.82, 2.24) is 12.3 Å². The van der Waals surface area contributed by atoms with Gasteiger partial charge in [0.1, 0.15) is 0 Å². The van der Waals surface area contributed by atoms with Gasteiger partial charge >= 0.3 is 0 Å². The molecule has 0 unspecified atom stereocenters. The van der Waals surface area contributed by atoms with Gasteiger partial charge in [0.2, 0.25) is 0 Å². The number of halogens is 1. The molecule has 10 nitrogen and oxygen atoms in total. The van der Waals surface area contributed by atoms with E-state index >= 15 is 0 Å². The summed E-state index contributed by atoms with van der Waals surface area (Å²) in [6.07, 6.45) is 0. The van der Waals surface area contributed by atoms with Crippen LogP contribution >= 0.6 is 0 Å². The van der Waals surface area contributed by atoms with Crippen LogP contribution in [0.25, 0.3) is 0 Å². The monoisotopic (exact) mass is 180 g/mol. The molecule has 0 aliphatic rings. The summed E-state index contributed by atoms with van der Waals surface area (Å²) < 4.78 is 0. The summed E-state index contributed by atoms with van der Waals surface area (Å²) >= 11 is 0. The molecule has 0 heterocycles. The van der Waals surface area contributed by atoms with Gasteiger partial charge in [-0.25, -0.2) is 0 Å². The molecule has 11 heteroatoms. The first-order chi connectivity index (χ1) is 3.46. The lowest BCUT2D eigenvalue weighted by molar-refractivity contribution is -0.742. The molecule has 9 N–H and O–H groups in total. The molecule has 0 atom stereocenters. The summed E-state index contributed by atoms with van der Waals surface area (Å²) in [6, 6.07) is 0. The molecule has 0 saturated heterocycles. The molecule has 0 radical (unpaired) electrons. The fourth-order valence-electron chi connectivity index (χ4n) is 0. The third kappa shape index (κ3) is 105. The Morgan fingerprint density at radius 1 is 1.00 bits per heavy atom. The van der Waals surface area contributed by atoms with Gasteiger partial charge in [-0.05, 0) is 0 Å². The summed E-state index contributed by atoms with van der Waals surface area (Å²) in [5, 5.41) is 28.4. The summed E-state index contributed by atoms with van der Waals surface area (Å²) in [4.78, 5) is 16.6. The van der Waals surface area contributed by atoms with Crippen LogP contribution in [0.2, 0.25) is 0 Å². The number of quaternary nitrogens is 2. The van der Waals surface area contributed by atoms with Crippen molar-refractivity contribution in [2.45, 2.75) is 0 Å². The van der Waals surface area contributed by atoms with Crippen LogP contribution in [0.4, 0.5) is 0 Å². The van der Waals surface area contributed by atoms with E-state index in [2.05, 4.69) is 0 Å². The van der Waals surface area contributed by atoms with Crippen LogP contribution in [0.3, 0.4) is 0 Å². The summed E-state index contributed by atoms with van der Waals surface area (Å²) in [6.45, 7) is 0. The van der Waals surface area contributed by atoms with Gasteiger partial charge in [0.05, 0.1) is 5.09 Å². The van der Waals surface area contributed by atoms with Gasteiger partial charge in [-0.1, -0.05) is 0 Å². The number of hydrogen-bond acceptors (Lipinski definition) is 5. The van der Waals surface area contributed by atoms with E-state index in [-0.39, 0.29) is 17.0 Å². The van der Waals surface area contributed by atoms with Crippen molar-refractivity contribution in [2.75, 3.05) is 0 Å². The minimum atomic E-state index is -1.75. The lowest BCUT2D eigenvalue weighted by Gasteiger charge is -1.74. The van der Waals surface area contributed by atoms with Gasteiger partial charge in [-0.2, -0.15) is 0 Å². The van der Waals surface area contributed by atoms with Crippen LogP contribution in [0.5, 0.6) is 0 Å². The first-order valence-corrected chi connectivity index (χ1v) is 1.11. The molecule has 0 aromatic rings. The second kappa shape index (κ2) is 24.0. The second-order valence-electron chi connectivity index (χ2n) is 0.461. The van der Waals surface area contributed by atoms with Crippen molar-refractivity contribution in [2.24, 2.45) is 0 Å². The highest BCUT2D eigenvalue weighted by Gasteiger charge is 1.65. The molecule has 0 aliphatic carbocycles. The van der Waals surface area contributed by atoms with E-state index in [1.54, 1.807) is 0 Å². The van der Waals surface area contributed by atoms with Crippen molar-refractivity contribution in [3.8, 4) is 0 Å². The third-order valence-electron chi connectivity index (χ3n) is 0. The average Bonchev–Trinajstić information content (AvgIpc) is 1.25. The molecule has 0 rings (SSSR count).